The summed E-state index contributed by atoms with van der Waals surface area (Å²) in [5, 5.41) is 3.49. The Labute approximate surface area is 96.0 Å². The van der Waals surface area contributed by atoms with Gasteiger partial charge in [0, 0.05) is 17.6 Å². The summed E-state index contributed by atoms with van der Waals surface area (Å²) in [6.45, 7) is 0. The van der Waals surface area contributed by atoms with Crippen molar-refractivity contribution in [1.29, 1.82) is 0 Å². The molecule has 0 heterocycles. The lowest BCUT2D eigenvalue weighted by Gasteiger charge is -2.28. The van der Waals surface area contributed by atoms with Crippen LogP contribution in [-0.4, -0.2) is 11.9 Å². The number of hydrogen-bond donors (Lipinski definition) is 2. The minimum absolute atomic E-state index is 0.0915. The molecule has 1 saturated carbocycles. The molecule has 0 aromatic heterocycles. The number of rotatable bonds is 3. The molecule has 16 heavy (non-hydrogen) atoms. The molecule has 1 aromatic rings. The van der Waals surface area contributed by atoms with Crippen molar-refractivity contribution in [3.05, 3.63) is 30.3 Å². The highest BCUT2D eigenvalue weighted by Gasteiger charge is 2.24. The highest BCUT2D eigenvalue weighted by Crippen LogP contribution is 2.26. The Morgan fingerprint density at radius 3 is 2.31 bits per heavy atom. The van der Waals surface area contributed by atoms with E-state index in [-0.39, 0.29) is 11.8 Å². The third-order valence-corrected chi connectivity index (χ3v) is 3.27. The first kappa shape index (κ1) is 11.0. The summed E-state index contributed by atoms with van der Waals surface area (Å²) in [5.74, 6) is -0.0491. The molecular formula is C13H18N2O. The number of nitrogens with two attached hydrogens (primary N) is 1. The standard InChI is InChI=1S/C13H18N2O/c14-13(16)10-6-8-12(9-7-10)15-11-4-2-1-3-5-11/h1-5,10,12,15H,6-9H2,(H2,14,16). The molecule has 0 aliphatic heterocycles. The van der Waals surface area contributed by atoms with Crippen molar-refractivity contribution >= 4 is 11.6 Å². The van der Waals surface area contributed by atoms with Crippen LogP contribution in [0.25, 0.3) is 0 Å². The topological polar surface area (TPSA) is 55.1 Å². The number of para-hydroxylation sites is 1. The Morgan fingerprint density at radius 2 is 1.75 bits per heavy atom. The lowest BCUT2D eigenvalue weighted by Crippen LogP contribution is -2.32. The first-order valence-corrected chi connectivity index (χ1v) is 5.86. The van der Waals surface area contributed by atoms with Gasteiger partial charge in [-0.2, -0.15) is 0 Å². The van der Waals surface area contributed by atoms with E-state index in [1.54, 1.807) is 0 Å². The smallest absolute Gasteiger partial charge is 0.220 e. The zero-order valence-electron chi connectivity index (χ0n) is 9.36. The van der Waals surface area contributed by atoms with Gasteiger partial charge in [-0.3, -0.25) is 4.79 Å². The zero-order chi connectivity index (χ0) is 11.4. The van der Waals surface area contributed by atoms with Gasteiger partial charge in [0.1, 0.15) is 0 Å². The maximum absolute atomic E-state index is 11.0. The maximum Gasteiger partial charge on any atom is 0.220 e. The van der Waals surface area contributed by atoms with Gasteiger partial charge in [0.25, 0.3) is 0 Å². The first-order chi connectivity index (χ1) is 7.75. The predicted molar refractivity (Wildman–Crippen MR) is 65.0 cm³/mol. The molecule has 0 spiro atoms. The number of hydrogen-bond acceptors (Lipinski definition) is 2. The minimum atomic E-state index is -0.141. The van der Waals surface area contributed by atoms with E-state index in [4.69, 9.17) is 5.73 Å². The van der Waals surface area contributed by atoms with Crippen LogP contribution in [0.3, 0.4) is 0 Å². The molecule has 1 aliphatic carbocycles. The molecule has 0 unspecified atom stereocenters. The number of primary amides is 1. The van der Waals surface area contributed by atoms with Crippen LogP contribution >= 0.6 is 0 Å². The molecule has 86 valence electrons. The van der Waals surface area contributed by atoms with Crippen LogP contribution in [0.1, 0.15) is 25.7 Å². The van der Waals surface area contributed by atoms with Crippen molar-refractivity contribution in [1.82, 2.24) is 0 Å². The van der Waals surface area contributed by atoms with Crippen molar-refractivity contribution in [2.24, 2.45) is 11.7 Å². The highest BCUT2D eigenvalue weighted by molar-refractivity contribution is 5.76. The number of benzene rings is 1. The van der Waals surface area contributed by atoms with Crippen LogP contribution < -0.4 is 11.1 Å². The third kappa shape index (κ3) is 2.75. The summed E-state index contributed by atoms with van der Waals surface area (Å²) in [4.78, 5) is 11.0. The van der Waals surface area contributed by atoms with Crippen molar-refractivity contribution in [2.75, 3.05) is 5.32 Å². The summed E-state index contributed by atoms with van der Waals surface area (Å²) in [6, 6.07) is 10.7. The van der Waals surface area contributed by atoms with E-state index in [1.807, 2.05) is 18.2 Å². The molecule has 1 fully saturated rings. The Hall–Kier alpha value is -1.51. The van der Waals surface area contributed by atoms with E-state index in [2.05, 4.69) is 17.4 Å². The molecule has 0 saturated heterocycles. The average Bonchev–Trinajstić information content (AvgIpc) is 2.31. The normalized spacial score (nSPS) is 25.0. The van der Waals surface area contributed by atoms with Gasteiger partial charge in [0.2, 0.25) is 5.91 Å². The van der Waals surface area contributed by atoms with E-state index < -0.39 is 0 Å². The molecule has 3 nitrogen and oxygen atoms in total. The molecule has 1 aromatic carbocycles. The Balaban J connectivity index is 1.84. The summed E-state index contributed by atoms with van der Waals surface area (Å²) >= 11 is 0. The van der Waals surface area contributed by atoms with Gasteiger partial charge >= 0.3 is 0 Å². The number of amides is 1. The second-order valence-corrected chi connectivity index (χ2v) is 4.46. The molecule has 2 rings (SSSR count). The van der Waals surface area contributed by atoms with E-state index in [1.165, 1.54) is 0 Å². The molecule has 3 heteroatoms. The molecule has 3 N–H and O–H groups in total. The molecular weight excluding hydrogens is 200 g/mol. The van der Waals surface area contributed by atoms with Crippen molar-refractivity contribution < 1.29 is 4.79 Å². The summed E-state index contributed by atoms with van der Waals surface area (Å²) in [5.41, 5.74) is 6.46. The Bertz CT molecular complexity index is 342. The number of carbonyl (C=O) groups excluding carboxylic acids is 1. The first-order valence-electron chi connectivity index (χ1n) is 5.86. The molecule has 0 atom stereocenters. The maximum atomic E-state index is 11.0. The molecule has 1 aliphatic rings. The lowest BCUT2D eigenvalue weighted by atomic mass is 9.85. The van der Waals surface area contributed by atoms with Crippen LogP contribution in [-0.2, 0) is 4.79 Å². The van der Waals surface area contributed by atoms with Crippen LogP contribution in [0, 0.1) is 5.92 Å². The summed E-state index contributed by atoms with van der Waals surface area (Å²) in [7, 11) is 0. The zero-order valence-corrected chi connectivity index (χ0v) is 9.36. The van der Waals surface area contributed by atoms with Crippen molar-refractivity contribution in [3.63, 3.8) is 0 Å². The Morgan fingerprint density at radius 1 is 1.12 bits per heavy atom. The second kappa shape index (κ2) is 5.01. The molecule has 0 radical (unpaired) electrons. The van der Waals surface area contributed by atoms with E-state index in [9.17, 15) is 4.79 Å². The molecule has 0 bridgehead atoms. The van der Waals surface area contributed by atoms with Gasteiger partial charge in [-0.15, -0.1) is 0 Å². The fraction of sp³-hybridized carbons (Fsp3) is 0.462. The van der Waals surface area contributed by atoms with Gasteiger partial charge in [-0.25, -0.2) is 0 Å². The van der Waals surface area contributed by atoms with E-state index >= 15 is 0 Å². The van der Waals surface area contributed by atoms with Gasteiger partial charge in [0.15, 0.2) is 0 Å². The average molecular weight is 218 g/mol. The number of carbonyl (C=O) groups is 1. The van der Waals surface area contributed by atoms with Gasteiger partial charge in [-0.05, 0) is 37.8 Å². The second-order valence-electron chi connectivity index (χ2n) is 4.46. The fourth-order valence-electron chi connectivity index (χ4n) is 2.29. The van der Waals surface area contributed by atoms with Gasteiger partial charge in [-0.1, -0.05) is 18.2 Å². The molecule has 1 amide bonds. The quantitative estimate of drug-likeness (QED) is 0.816. The van der Waals surface area contributed by atoms with Crippen LogP contribution in [0.2, 0.25) is 0 Å². The van der Waals surface area contributed by atoms with Gasteiger partial charge < -0.3 is 11.1 Å². The number of anilines is 1. The third-order valence-electron chi connectivity index (χ3n) is 3.27. The van der Waals surface area contributed by atoms with Crippen molar-refractivity contribution in [2.45, 2.75) is 31.7 Å². The predicted octanol–water partition coefficient (Wildman–Crippen LogP) is 2.14. The Kier molecular flexibility index (Phi) is 3.44. The van der Waals surface area contributed by atoms with E-state index in [0.29, 0.717) is 6.04 Å². The SMILES string of the molecule is NC(=O)C1CCC(Nc2ccccc2)CC1. The minimum Gasteiger partial charge on any atom is -0.382 e. The highest BCUT2D eigenvalue weighted by atomic mass is 16.1. The lowest BCUT2D eigenvalue weighted by molar-refractivity contribution is -0.122. The van der Waals surface area contributed by atoms with Crippen LogP contribution in [0.5, 0.6) is 0 Å². The van der Waals surface area contributed by atoms with Crippen molar-refractivity contribution in [3.8, 4) is 0 Å². The fourth-order valence-corrected chi connectivity index (χ4v) is 2.29. The van der Waals surface area contributed by atoms with E-state index in [0.717, 1.165) is 31.4 Å². The van der Waals surface area contributed by atoms with Crippen LogP contribution in [0.15, 0.2) is 30.3 Å². The largest absolute Gasteiger partial charge is 0.382 e. The van der Waals surface area contributed by atoms with Crippen LogP contribution in [0.4, 0.5) is 5.69 Å². The van der Waals surface area contributed by atoms with Gasteiger partial charge in [0.05, 0.1) is 0 Å². The summed E-state index contributed by atoms with van der Waals surface area (Å²) < 4.78 is 0. The number of nitrogens with one attached hydrogen (secondary N) is 1. The summed E-state index contributed by atoms with van der Waals surface area (Å²) in [6.07, 6.45) is 3.89. The monoisotopic (exact) mass is 218 g/mol.